The minimum absolute atomic E-state index is 0.0474. The summed E-state index contributed by atoms with van der Waals surface area (Å²) in [5, 5.41) is 10.4. The van der Waals surface area contributed by atoms with Crippen LogP contribution in [0.25, 0.3) is 0 Å². The Labute approximate surface area is 147 Å². The molecule has 25 heavy (non-hydrogen) atoms. The summed E-state index contributed by atoms with van der Waals surface area (Å²) >= 11 is 0. The maximum atomic E-state index is 13.0. The predicted octanol–water partition coefficient (Wildman–Crippen LogP) is 3.30. The fourth-order valence-corrected chi connectivity index (χ4v) is 4.61. The van der Waals surface area contributed by atoms with Crippen molar-refractivity contribution in [3.05, 3.63) is 60.7 Å². The van der Waals surface area contributed by atoms with Crippen molar-refractivity contribution in [1.29, 1.82) is 0 Å². The van der Waals surface area contributed by atoms with E-state index in [9.17, 15) is 14.7 Å². The fourth-order valence-electron chi connectivity index (χ4n) is 4.61. The standard InChI is InChI=1S/C21H21NO3/c1-3-5-14-10-17(11-15(6-4-2)18(14)23)22-19(24)21(20(22)25)12-13-7-8-16(21)9-13/h3-4,7-8,10-11,13,16,23H,1-2,5-6,9,12H2. The van der Waals surface area contributed by atoms with Crippen molar-refractivity contribution in [2.45, 2.75) is 25.7 Å². The zero-order chi connectivity index (χ0) is 17.8. The third kappa shape index (κ3) is 2.00. The van der Waals surface area contributed by atoms with Crippen molar-refractivity contribution < 1.29 is 14.7 Å². The van der Waals surface area contributed by atoms with Gasteiger partial charge in [-0.3, -0.25) is 9.59 Å². The van der Waals surface area contributed by atoms with Crippen molar-refractivity contribution in [2.24, 2.45) is 17.3 Å². The summed E-state index contributed by atoms with van der Waals surface area (Å²) < 4.78 is 0. The lowest BCUT2D eigenvalue weighted by Crippen LogP contribution is -2.68. The molecule has 2 amide bonds. The molecule has 1 heterocycles. The van der Waals surface area contributed by atoms with Crippen molar-refractivity contribution in [2.75, 3.05) is 4.90 Å². The number of fused-ring (bicyclic) bond motifs is 3. The lowest BCUT2D eigenvalue weighted by molar-refractivity contribution is -0.154. The number of phenolic OH excluding ortho intramolecular Hbond substituents is 1. The Hall–Kier alpha value is -2.62. The van der Waals surface area contributed by atoms with Crippen molar-refractivity contribution in [1.82, 2.24) is 0 Å². The number of carbonyl (C=O) groups excluding carboxylic acids is 2. The van der Waals surface area contributed by atoms with Gasteiger partial charge in [0.2, 0.25) is 11.8 Å². The number of phenols is 1. The van der Waals surface area contributed by atoms with Crippen LogP contribution in [0.4, 0.5) is 5.69 Å². The third-order valence-corrected chi connectivity index (χ3v) is 5.80. The maximum absolute atomic E-state index is 13.0. The predicted molar refractivity (Wildman–Crippen MR) is 96.2 cm³/mol. The summed E-state index contributed by atoms with van der Waals surface area (Å²) in [6.45, 7) is 7.42. The van der Waals surface area contributed by atoms with Crippen LogP contribution in [-0.2, 0) is 22.4 Å². The Morgan fingerprint density at radius 1 is 1.12 bits per heavy atom. The number of carbonyl (C=O) groups is 2. The van der Waals surface area contributed by atoms with E-state index in [1.54, 1.807) is 24.3 Å². The van der Waals surface area contributed by atoms with Gasteiger partial charge < -0.3 is 5.11 Å². The second-order valence-electron chi connectivity index (χ2n) is 7.21. The van der Waals surface area contributed by atoms with Crippen molar-refractivity contribution >= 4 is 17.5 Å². The van der Waals surface area contributed by atoms with Crippen LogP contribution in [0, 0.1) is 17.3 Å². The molecule has 2 atom stereocenters. The normalized spacial score (nSPS) is 25.5. The molecule has 1 aromatic rings. The summed E-state index contributed by atoms with van der Waals surface area (Å²) in [6.07, 6.45) is 10.0. The number of benzene rings is 1. The summed E-state index contributed by atoms with van der Waals surface area (Å²) in [5.74, 6) is 0.378. The van der Waals surface area contributed by atoms with Crippen molar-refractivity contribution in [3.63, 3.8) is 0 Å². The van der Waals surface area contributed by atoms with E-state index in [1.807, 2.05) is 6.08 Å². The van der Waals surface area contributed by atoms with Crippen LogP contribution in [-0.4, -0.2) is 16.9 Å². The number of aromatic hydroxyl groups is 1. The molecule has 2 unspecified atom stereocenters. The largest absolute Gasteiger partial charge is 0.507 e. The van der Waals surface area contributed by atoms with Gasteiger partial charge in [0.25, 0.3) is 0 Å². The number of imide groups is 1. The number of anilines is 1. The SMILES string of the molecule is C=CCc1cc(N2C(=O)C3(CC4C=CC3C4)C2=O)cc(CC=C)c1O. The van der Waals surface area contributed by atoms with Crippen LogP contribution in [0.3, 0.4) is 0 Å². The first-order valence-electron chi connectivity index (χ1n) is 8.66. The second kappa shape index (κ2) is 5.45. The topological polar surface area (TPSA) is 57.6 Å². The van der Waals surface area contributed by atoms with E-state index in [0.717, 1.165) is 6.42 Å². The first kappa shape index (κ1) is 15.9. The molecule has 2 bridgehead atoms. The zero-order valence-electron chi connectivity index (χ0n) is 14.1. The van der Waals surface area contributed by atoms with Crippen LogP contribution in [0.2, 0.25) is 0 Å². The Bertz CT molecular complexity index is 789. The van der Waals surface area contributed by atoms with E-state index in [-0.39, 0.29) is 23.5 Å². The molecule has 3 aliphatic rings. The molecule has 2 aliphatic carbocycles. The van der Waals surface area contributed by atoms with Crippen LogP contribution in [0.5, 0.6) is 5.75 Å². The van der Waals surface area contributed by atoms with E-state index >= 15 is 0 Å². The van der Waals surface area contributed by atoms with Gasteiger partial charge in [0.15, 0.2) is 0 Å². The minimum atomic E-state index is -0.839. The minimum Gasteiger partial charge on any atom is -0.507 e. The van der Waals surface area contributed by atoms with Gasteiger partial charge in [0, 0.05) is 5.92 Å². The van der Waals surface area contributed by atoms with Crippen LogP contribution in [0.1, 0.15) is 24.0 Å². The van der Waals surface area contributed by atoms with E-state index in [2.05, 4.69) is 19.2 Å². The molecular formula is C21H21NO3. The molecule has 4 heteroatoms. The van der Waals surface area contributed by atoms with Crippen LogP contribution in [0.15, 0.2) is 49.6 Å². The summed E-state index contributed by atoms with van der Waals surface area (Å²) in [4.78, 5) is 27.2. The van der Waals surface area contributed by atoms with Crippen molar-refractivity contribution in [3.8, 4) is 5.75 Å². The van der Waals surface area contributed by atoms with Gasteiger partial charge in [0.1, 0.15) is 11.2 Å². The van der Waals surface area contributed by atoms with E-state index < -0.39 is 5.41 Å². The van der Waals surface area contributed by atoms with Gasteiger partial charge in [-0.15, -0.1) is 13.2 Å². The molecule has 128 valence electrons. The van der Waals surface area contributed by atoms with Crippen LogP contribution < -0.4 is 4.90 Å². The number of amides is 2. The van der Waals surface area contributed by atoms with E-state index in [4.69, 9.17) is 0 Å². The molecule has 1 aromatic carbocycles. The zero-order valence-corrected chi connectivity index (χ0v) is 14.1. The molecule has 1 saturated carbocycles. The van der Waals surface area contributed by atoms with E-state index in [1.165, 1.54) is 4.90 Å². The Kier molecular flexibility index (Phi) is 3.46. The first-order valence-corrected chi connectivity index (χ1v) is 8.66. The number of nitrogens with zero attached hydrogens (tertiary/aromatic N) is 1. The monoisotopic (exact) mass is 335 g/mol. The van der Waals surface area contributed by atoms with Gasteiger partial charge >= 0.3 is 0 Å². The molecular weight excluding hydrogens is 314 g/mol. The van der Waals surface area contributed by atoms with Gasteiger partial charge in [-0.2, -0.15) is 0 Å². The average Bonchev–Trinajstić information content (AvgIpc) is 3.22. The summed E-state index contributed by atoms with van der Waals surface area (Å²) in [5.41, 5.74) is 1.03. The highest BCUT2D eigenvalue weighted by Gasteiger charge is 2.69. The summed E-state index contributed by atoms with van der Waals surface area (Å²) in [6, 6.07) is 3.44. The molecule has 1 saturated heterocycles. The number of allylic oxidation sites excluding steroid dienone is 4. The highest BCUT2D eigenvalue weighted by atomic mass is 16.3. The lowest BCUT2D eigenvalue weighted by Gasteiger charge is -2.47. The molecule has 4 rings (SSSR count). The highest BCUT2D eigenvalue weighted by molar-refractivity contribution is 6.36. The lowest BCUT2D eigenvalue weighted by atomic mass is 9.67. The Morgan fingerprint density at radius 3 is 2.16 bits per heavy atom. The first-order chi connectivity index (χ1) is 12.0. The average molecular weight is 335 g/mol. The third-order valence-electron chi connectivity index (χ3n) is 5.80. The highest BCUT2D eigenvalue weighted by Crippen LogP contribution is 2.59. The molecule has 1 spiro atoms. The number of hydrogen-bond acceptors (Lipinski definition) is 3. The summed E-state index contributed by atoms with van der Waals surface area (Å²) in [7, 11) is 0. The second-order valence-corrected chi connectivity index (χ2v) is 7.21. The van der Waals surface area contributed by atoms with Crippen LogP contribution >= 0.6 is 0 Å². The quantitative estimate of drug-likeness (QED) is 0.510. The number of rotatable bonds is 5. The van der Waals surface area contributed by atoms with E-state index in [0.29, 0.717) is 42.0 Å². The smallest absolute Gasteiger partial charge is 0.250 e. The molecule has 2 fully saturated rings. The Morgan fingerprint density at radius 2 is 1.72 bits per heavy atom. The maximum Gasteiger partial charge on any atom is 0.250 e. The molecule has 1 aliphatic heterocycles. The molecule has 1 N–H and O–H groups in total. The van der Waals surface area contributed by atoms with Gasteiger partial charge in [-0.05, 0) is 54.9 Å². The number of β-lactam (4-membered cyclic amide) rings is 2. The van der Waals surface area contributed by atoms with Gasteiger partial charge in [-0.25, -0.2) is 4.90 Å². The fraction of sp³-hybridized carbons (Fsp3) is 0.333. The van der Waals surface area contributed by atoms with Gasteiger partial charge in [0.05, 0.1) is 5.69 Å². The number of hydrogen-bond donors (Lipinski definition) is 1. The molecule has 4 nitrogen and oxygen atoms in total. The molecule has 0 aromatic heterocycles. The molecule has 0 radical (unpaired) electrons. The Balaban J connectivity index is 1.72. The van der Waals surface area contributed by atoms with Gasteiger partial charge in [-0.1, -0.05) is 24.3 Å².